The second-order valence-electron chi connectivity index (χ2n) is 3.17. The largest absolute Gasteiger partial charge is 0.345 e. The molecule has 0 saturated carbocycles. The molecule has 0 aliphatic rings. The van der Waals surface area contributed by atoms with Gasteiger partial charge in [0.25, 0.3) is 5.91 Å². The van der Waals surface area contributed by atoms with Crippen molar-refractivity contribution >= 4 is 33.4 Å². The molecular weight excluding hydrogens is 309 g/mol. The number of H-pyrrole nitrogens is 1. The van der Waals surface area contributed by atoms with Crippen LogP contribution in [0.3, 0.4) is 0 Å². The summed E-state index contributed by atoms with van der Waals surface area (Å²) in [5.74, 6) is 0.164. The quantitative estimate of drug-likeness (QED) is 0.900. The van der Waals surface area contributed by atoms with E-state index in [9.17, 15) is 4.79 Å². The van der Waals surface area contributed by atoms with Crippen LogP contribution in [0.15, 0.2) is 22.7 Å². The maximum Gasteiger partial charge on any atom is 0.251 e. The first-order valence-corrected chi connectivity index (χ1v) is 5.79. The van der Waals surface area contributed by atoms with E-state index in [4.69, 9.17) is 11.6 Å². The highest BCUT2D eigenvalue weighted by Gasteiger charge is 2.08. The number of benzene rings is 1. The van der Waals surface area contributed by atoms with Gasteiger partial charge in [0.1, 0.15) is 0 Å². The molecule has 1 heterocycles. The maximum atomic E-state index is 11.8. The van der Waals surface area contributed by atoms with E-state index in [1.165, 1.54) is 0 Å². The Hall–Kier alpha value is -1.47. The molecule has 1 aromatic heterocycles. The summed E-state index contributed by atoms with van der Waals surface area (Å²) in [6.45, 7) is 0.208. The third kappa shape index (κ3) is 3.24. The topological polar surface area (TPSA) is 83.6 Å². The minimum atomic E-state index is -0.252. The molecule has 2 rings (SSSR count). The summed E-state index contributed by atoms with van der Waals surface area (Å²) < 4.78 is 0.745. The summed E-state index contributed by atoms with van der Waals surface area (Å²) in [5.41, 5.74) is 0.466. The molecule has 0 fully saturated rings. The van der Waals surface area contributed by atoms with Crippen molar-refractivity contribution in [2.75, 3.05) is 0 Å². The van der Waals surface area contributed by atoms with Gasteiger partial charge >= 0.3 is 0 Å². The first kappa shape index (κ1) is 12.0. The fourth-order valence-corrected chi connectivity index (χ4v) is 2.06. The molecular formula is C9H7BrClN5O. The molecule has 0 aliphatic carbocycles. The van der Waals surface area contributed by atoms with Gasteiger partial charge in [-0.25, -0.2) is 0 Å². The molecule has 8 heteroatoms. The van der Waals surface area contributed by atoms with E-state index in [0.717, 1.165) is 4.47 Å². The molecule has 1 aromatic carbocycles. The minimum absolute atomic E-state index is 0.208. The second kappa shape index (κ2) is 5.24. The van der Waals surface area contributed by atoms with Gasteiger partial charge in [0.05, 0.1) is 6.54 Å². The summed E-state index contributed by atoms with van der Waals surface area (Å²) in [6.07, 6.45) is 0. The number of carbonyl (C=O) groups is 1. The summed E-state index contributed by atoms with van der Waals surface area (Å²) in [7, 11) is 0. The van der Waals surface area contributed by atoms with E-state index in [2.05, 4.69) is 41.9 Å². The van der Waals surface area contributed by atoms with Crippen LogP contribution in [-0.2, 0) is 6.54 Å². The molecule has 88 valence electrons. The number of carbonyl (C=O) groups excluding carboxylic acids is 1. The van der Waals surface area contributed by atoms with Gasteiger partial charge in [0, 0.05) is 15.1 Å². The average molecular weight is 317 g/mol. The Morgan fingerprint density at radius 1 is 1.47 bits per heavy atom. The number of aromatic amines is 1. The number of halogens is 2. The first-order valence-electron chi connectivity index (χ1n) is 4.62. The van der Waals surface area contributed by atoms with Crippen LogP contribution in [0.1, 0.15) is 16.2 Å². The number of hydrogen-bond acceptors (Lipinski definition) is 4. The second-order valence-corrected chi connectivity index (χ2v) is 4.52. The van der Waals surface area contributed by atoms with Crippen molar-refractivity contribution in [1.82, 2.24) is 25.9 Å². The highest BCUT2D eigenvalue weighted by molar-refractivity contribution is 9.10. The van der Waals surface area contributed by atoms with Crippen molar-refractivity contribution in [3.8, 4) is 0 Å². The number of nitrogens with one attached hydrogen (secondary N) is 2. The Kier molecular flexibility index (Phi) is 3.70. The Bertz CT molecular complexity index is 510. The molecule has 0 unspecified atom stereocenters. The van der Waals surface area contributed by atoms with Crippen LogP contribution in [0, 0.1) is 0 Å². The number of amides is 1. The van der Waals surface area contributed by atoms with Gasteiger partial charge in [-0.2, -0.15) is 5.21 Å². The third-order valence-corrected chi connectivity index (χ3v) is 2.60. The zero-order chi connectivity index (χ0) is 12.3. The van der Waals surface area contributed by atoms with Crippen molar-refractivity contribution < 1.29 is 4.79 Å². The molecule has 2 aromatic rings. The zero-order valence-corrected chi connectivity index (χ0v) is 10.8. The van der Waals surface area contributed by atoms with Crippen LogP contribution < -0.4 is 5.32 Å². The molecule has 17 heavy (non-hydrogen) atoms. The molecule has 0 saturated heterocycles. The molecule has 0 bridgehead atoms. The van der Waals surface area contributed by atoms with Gasteiger partial charge in [0.15, 0.2) is 5.82 Å². The van der Waals surface area contributed by atoms with E-state index < -0.39 is 0 Å². The van der Waals surface area contributed by atoms with Crippen LogP contribution in [0.5, 0.6) is 0 Å². The summed E-state index contributed by atoms with van der Waals surface area (Å²) >= 11 is 9.11. The van der Waals surface area contributed by atoms with Crippen LogP contribution in [-0.4, -0.2) is 26.5 Å². The van der Waals surface area contributed by atoms with Crippen molar-refractivity contribution in [3.05, 3.63) is 39.1 Å². The fraction of sp³-hybridized carbons (Fsp3) is 0.111. The summed E-state index contributed by atoms with van der Waals surface area (Å²) in [5, 5.41) is 16.3. The number of tetrazole rings is 1. The Labute approximate surface area is 110 Å². The van der Waals surface area contributed by atoms with Crippen molar-refractivity contribution in [2.24, 2.45) is 0 Å². The van der Waals surface area contributed by atoms with Crippen molar-refractivity contribution in [2.45, 2.75) is 6.54 Å². The highest BCUT2D eigenvalue weighted by Crippen LogP contribution is 2.19. The lowest BCUT2D eigenvalue weighted by molar-refractivity contribution is 0.0950. The Balaban J connectivity index is 2.04. The lowest BCUT2D eigenvalue weighted by atomic mass is 10.2. The lowest BCUT2D eigenvalue weighted by Gasteiger charge is -2.03. The lowest BCUT2D eigenvalue weighted by Crippen LogP contribution is -2.23. The normalized spacial score (nSPS) is 10.2. The van der Waals surface area contributed by atoms with Gasteiger partial charge in [-0.15, -0.1) is 10.2 Å². The van der Waals surface area contributed by atoms with Gasteiger partial charge in [0.2, 0.25) is 0 Å². The predicted octanol–water partition coefficient (Wildman–Crippen LogP) is 1.55. The zero-order valence-electron chi connectivity index (χ0n) is 8.44. The molecule has 2 N–H and O–H groups in total. The summed E-state index contributed by atoms with van der Waals surface area (Å²) in [6, 6.07) is 4.97. The molecule has 0 aliphatic heterocycles. The van der Waals surface area contributed by atoms with Crippen LogP contribution in [0.25, 0.3) is 0 Å². The molecule has 0 atom stereocenters. The number of hydrogen-bond donors (Lipinski definition) is 2. The predicted molar refractivity (Wildman–Crippen MR) is 64.5 cm³/mol. The van der Waals surface area contributed by atoms with Crippen LogP contribution >= 0.6 is 27.5 Å². The van der Waals surface area contributed by atoms with E-state index in [1.54, 1.807) is 18.2 Å². The average Bonchev–Trinajstić information content (AvgIpc) is 2.77. The standard InChI is InChI=1S/C9H7BrClN5O/c10-6-1-5(2-7(11)3-6)9(17)12-4-8-13-15-16-14-8/h1-3H,4H2,(H,12,17)(H,13,14,15,16). The minimum Gasteiger partial charge on any atom is -0.345 e. The summed E-state index contributed by atoms with van der Waals surface area (Å²) in [4.78, 5) is 11.8. The Morgan fingerprint density at radius 2 is 2.29 bits per heavy atom. The molecule has 0 radical (unpaired) electrons. The maximum absolute atomic E-state index is 11.8. The third-order valence-electron chi connectivity index (χ3n) is 1.92. The monoisotopic (exact) mass is 315 g/mol. The van der Waals surface area contributed by atoms with Gasteiger partial charge in [-0.1, -0.05) is 32.7 Å². The number of aromatic nitrogens is 4. The molecule has 0 spiro atoms. The SMILES string of the molecule is O=C(NCc1nn[nH]n1)c1cc(Cl)cc(Br)c1. The van der Waals surface area contributed by atoms with E-state index in [0.29, 0.717) is 16.4 Å². The smallest absolute Gasteiger partial charge is 0.251 e. The Morgan fingerprint density at radius 3 is 2.94 bits per heavy atom. The van der Waals surface area contributed by atoms with Crippen molar-refractivity contribution in [3.63, 3.8) is 0 Å². The molecule has 6 nitrogen and oxygen atoms in total. The molecule has 1 amide bonds. The number of rotatable bonds is 3. The number of nitrogens with zero attached hydrogens (tertiary/aromatic N) is 3. The van der Waals surface area contributed by atoms with E-state index >= 15 is 0 Å². The fourth-order valence-electron chi connectivity index (χ4n) is 1.20. The van der Waals surface area contributed by atoms with Gasteiger partial charge in [-0.3, -0.25) is 4.79 Å². The van der Waals surface area contributed by atoms with Crippen LogP contribution in [0.4, 0.5) is 0 Å². The van der Waals surface area contributed by atoms with E-state index in [1.807, 2.05) is 0 Å². The van der Waals surface area contributed by atoms with Crippen LogP contribution in [0.2, 0.25) is 5.02 Å². The van der Waals surface area contributed by atoms with Crippen molar-refractivity contribution in [1.29, 1.82) is 0 Å². The van der Waals surface area contributed by atoms with E-state index in [-0.39, 0.29) is 12.5 Å². The first-order chi connectivity index (χ1) is 8.15. The van der Waals surface area contributed by atoms with Gasteiger partial charge in [-0.05, 0) is 18.2 Å². The highest BCUT2D eigenvalue weighted by atomic mass is 79.9. The van der Waals surface area contributed by atoms with Gasteiger partial charge < -0.3 is 5.32 Å².